The molecule has 1 aliphatic heterocycles. The Hall–Kier alpha value is -2.11. The van der Waals surface area contributed by atoms with Gasteiger partial charge in [0.25, 0.3) is 0 Å². The van der Waals surface area contributed by atoms with Crippen LogP contribution in [-0.2, 0) is 6.54 Å². The summed E-state index contributed by atoms with van der Waals surface area (Å²) in [6.07, 6.45) is 4.37. The fourth-order valence-corrected chi connectivity index (χ4v) is 2.41. The molecule has 3 heterocycles. The first-order chi connectivity index (χ1) is 10.2. The highest BCUT2D eigenvalue weighted by molar-refractivity contribution is 5.42. The lowest BCUT2D eigenvalue weighted by molar-refractivity contribution is 0.419. The number of nitrogens with zero attached hydrogens (tertiary/aromatic N) is 4. The van der Waals surface area contributed by atoms with Crippen LogP contribution in [0, 0.1) is 0 Å². The van der Waals surface area contributed by atoms with Crippen LogP contribution in [-0.4, -0.2) is 28.2 Å². The standard InChI is InChI=1S/C15H21N5O/c1-11(2)14-18-15(21-19-14)17-10-12-5-6-16-13(9-12)20-7-3-4-8-20/h5-6,9,11H,3-4,7-8,10H2,1-2H3,(H,17,18,19). The maximum absolute atomic E-state index is 5.18. The van der Waals surface area contributed by atoms with Crippen LogP contribution in [0.4, 0.5) is 11.8 Å². The molecule has 0 aliphatic carbocycles. The molecule has 1 saturated heterocycles. The summed E-state index contributed by atoms with van der Waals surface area (Å²) in [7, 11) is 0. The summed E-state index contributed by atoms with van der Waals surface area (Å²) in [5.41, 5.74) is 1.16. The van der Waals surface area contributed by atoms with E-state index >= 15 is 0 Å². The Bertz CT molecular complexity index is 589. The Morgan fingerprint density at radius 1 is 1.33 bits per heavy atom. The van der Waals surface area contributed by atoms with Gasteiger partial charge in [0.2, 0.25) is 0 Å². The third-order valence-electron chi connectivity index (χ3n) is 3.64. The fourth-order valence-electron chi connectivity index (χ4n) is 2.41. The molecular weight excluding hydrogens is 266 g/mol. The van der Waals surface area contributed by atoms with Gasteiger partial charge in [-0.2, -0.15) is 4.98 Å². The fraction of sp³-hybridized carbons (Fsp3) is 0.533. The summed E-state index contributed by atoms with van der Waals surface area (Å²) in [5, 5.41) is 7.11. The van der Waals surface area contributed by atoms with Gasteiger partial charge in [0.15, 0.2) is 5.82 Å². The van der Waals surface area contributed by atoms with Gasteiger partial charge in [-0.05, 0) is 30.5 Å². The lowest BCUT2D eigenvalue weighted by Gasteiger charge is -2.16. The first-order valence-corrected chi connectivity index (χ1v) is 7.50. The number of nitrogens with one attached hydrogen (secondary N) is 1. The van der Waals surface area contributed by atoms with Crippen LogP contribution in [0.3, 0.4) is 0 Å². The number of anilines is 2. The predicted molar refractivity (Wildman–Crippen MR) is 81.4 cm³/mol. The number of aromatic nitrogens is 3. The molecule has 2 aromatic rings. The molecule has 0 bridgehead atoms. The van der Waals surface area contributed by atoms with Gasteiger partial charge in [0.05, 0.1) is 0 Å². The summed E-state index contributed by atoms with van der Waals surface area (Å²) in [5.74, 6) is 2.05. The van der Waals surface area contributed by atoms with Gasteiger partial charge >= 0.3 is 6.01 Å². The van der Waals surface area contributed by atoms with Crippen LogP contribution >= 0.6 is 0 Å². The van der Waals surface area contributed by atoms with Gasteiger partial charge in [-0.15, -0.1) is 0 Å². The van der Waals surface area contributed by atoms with Crippen molar-refractivity contribution in [2.45, 2.75) is 39.2 Å². The Morgan fingerprint density at radius 3 is 2.86 bits per heavy atom. The number of hydrogen-bond acceptors (Lipinski definition) is 6. The minimum absolute atomic E-state index is 0.270. The molecule has 0 saturated carbocycles. The Kier molecular flexibility index (Phi) is 4.03. The lowest BCUT2D eigenvalue weighted by Crippen LogP contribution is -2.19. The van der Waals surface area contributed by atoms with Crippen LogP contribution < -0.4 is 10.2 Å². The number of rotatable bonds is 5. The van der Waals surface area contributed by atoms with Crippen molar-refractivity contribution in [1.82, 2.24) is 15.1 Å². The lowest BCUT2D eigenvalue weighted by atomic mass is 10.2. The molecule has 1 N–H and O–H groups in total. The van der Waals surface area contributed by atoms with Gasteiger partial charge in [-0.1, -0.05) is 19.0 Å². The van der Waals surface area contributed by atoms with Gasteiger partial charge in [-0.3, -0.25) is 0 Å². The van der Waals surface area contributed by atoms with Crippen LogP contribution in [0.5, 0.6) is 0 Å². The molecular formula is C15H21N5O. The highest BCUT2D eigenvalue weighted by atomic mass is 16.5. The minimum atomic E-state index is 0.270. The smallest absolute Gasteiger partial charge is 0.321 e. The van der Waals surface area contributed by atoms with Crippen molar-refractivity contribution in [2.24, 2.45) is 0 Å². The highest BCUT2D eigenvalue weighted by Crippen LogP contribution is 2.19. The average molecular weight is 287 g/mol. The molecule has 0 unspecified atom stereocenters. The minimum Gasteiger partial charge on any atom is -0.357 e. The second kappa shape index (κ2) is 6.11. The maximum atomic E-state index is 5.18. The SMILES string of the molecule is CC(C)c1noc(NCc2ccnc(N3CCCC3)c2)n1. The van der Waals surface area contributed by atoms with Crippen LogP contribution in [0.2, 0.25) is 0 Å². The van der Waals surface area contributed by atoms with E-state index in [0.717, 1.165) is 30.3 Å². The van der Waals surface area contributed by atoms with E-state index in [2.05, 4.69) is 31.4 Å². The van der Waals surface area contributed by atoms with Gasteiger partial charge in [-0.25, -0.2) is 4.98 Å². The Balaban J connectivity index is 1.63. The normalized spacial score (nSPS) is 14.9. The van der Waals surface area contributed by atoms with Gasteiger partial charge in [0.1, 0.15) is 5.82 Å². The van der Waals surface area contributed by atoms with E-state index in [1.54, 1.807) is 0 Å². The molecule has 0 spiro atoms. The van der Waals surface area contributed by atoms with Crippen LogP contribution in [0.25, 0.3) is 0 Å². The quantitative estimate of drug-likeness (QED) is 0.912. The molecule has 6 heteroatoms. The average Bonchev–Trinajstić information content (AvgIpc) is 3.17. The molecule has 0 amide bonds. The topological polar surface area (TPSA) is 67.1 Å². The van der Waals surface area contributed by atoms with E-state index in [0.29, 0.717) is 12.6 Å². The van der Waals surface area contributed by atoms with E-state index in [1.165, 1.54) is 12.8 Å². The summed E-state index contributed by atoms with van der Waals surface area (Å²) < 4.78 is 5.18. The van der Waals surface area contributed by atoms with Crippen molar-refractivity contribution in [3.05, 3.63) is 29.7 Å². The molecule has 112 valence electrons. The zero-order chi connectivity index (χ0) is 14.7. The first-order valence-electron chi connectivity index (χ1n) is 7.50. The first kappa shape index (κ1) is 13.9. The molecule has 0 atom stereocenters. The van der Waals surface area contributed by atoms with E-state index in [1.807, 2.05) is 26.1 Å². The zero-order valence-electron chi connectivity index (χ0n) is 12.5. The summed E-state index contributed by atoms with van der Waals surface area (Å²) >= 11 is 0. The Labute approximate surface area is 124 Å². The summed E-state index contributed by atoms with van der Waals surface area (Å²) in [6, 6.07) is 4.60. The van der Waals surface area contributed by atoms with Crippen molar-refractivity contribution in [3.63, 3.8) is 0 Å². The molecule has 6 nitrogen and oxygen atoms in total. The van der Waals surface area contributed by atoms with Crippen LogP contribution in [0.15, 0.2) is 22.9 Å². The van der Waals surface area contributed by atoms with Crippen molar-refractivity contribution >= 4 is 11.8 Å². The molecule has 1 aliphatic rings. The number of hydrogen-bond donors (Lipinski definition) is 1. The van der Waals surface area contributed by atoms with Crippen molar-refractivity contribution in [2.75, 3.05) is 23.3 Å². The molecule has 1 fully saturated rings. The molecule has 0 aromatic carbocycles. The molecule has 3 rings (SSSR count). The van der Waals surface area contributed by atoms with Crippen molar-refractivity contribution < 1.29 is 4.52 Å². The van der Waals surface area contributed by atoms with Gasteiger partial charge < -0.3 is 14.7 Å². The summed E-state index contributed by atoms with van der Waals surface area (Å²) in [6.45, 7) is 6.94. The second-order valence-corrected chi connectivity index (χ2v) is 5.68. The third kappa shape index (κ3) is 3.32. The molecule has 2 aromatic heterocycles. The second-order valence-electron chi connectivity index (χ2n) is 5.68. The molecule has 0 radical (unpaired) electrons. The number of pyridine rings is 1. The van der Waals surface area contributed by atoms with Crippen LogP contribution in [0.1, 0.15) is 44.0 Å². The maximum Gasteiger partial charge on any atom is 0.321 e. The zero-order valence-corrected chi connectivity index (χ0v) is 12.5. The predicted octanol–water partition coefficient (Wildman–Crippen LogP) is 2.80. The Morgan fingerprint density at radius 2 is 2.14 bits per heavy atom. The van der Waals surface area contributed by atoms with E-state index in [9.17, 15) is 0 Å². The van der Waals surface area contributed by atoms with Gasteiger partial charge in [0, 0.05) is 31.7 Å². The van der Waals surface area contributed by atoms with Crippen molar-refractivity contribution in [3.8, 4) is 0 Å². The van der Waals surface area contributed by atoms with Crippen molar-refractivity contribution in [1.29, 1.82) is 0 Å². The van der Waals surface area contributed by atoms with E-state index in [4.69, 9.17) is 4.52 Å². The van der Waals surface area contributed by atoms with E-state index in [-0.39, 0.29) is 5.92 Å². The highest BCUT2D eigenvalue weighted by Gasteiger charge is 2.14. The summed E-state index contributed by atoms with van der Waals surface area (Å²) in [4.78, 5) is 11.1. The van der Waals surface area contributed by atoms with E-state index < -0.39 is 0 Å². The third-order valence-corrected chi connectivity index (χ3v) is 3.64. The largest absolute Gasteiger partial charge is 0.357 e. The monoisotopic (exact) mass is 287 g/mol. The molecule has 21 heavy (non-hydrogen) atoms.